The van der Waals surface area contributed by atoms with Gasteiger partial charge in [-0.25, -0.2) is 0 Å². The Morgan fingerprint density at radius 1 is 0.278 bits per heavy atom. The van der Waals surface area contributed by atoms with E-state index in [9.17, 15) is 4.79 Å². The number of hydrogen-bond donors (Lipinski definition) is 0. The third-order valence-corrected chi connectivity index (χ3v) is 6.67. The van der Waals surface area contributed by atoms with Crippen LogP contribution in [-0.2, 0) is 4.79 Å². The predicted octanol–water partition coefficient (Wildman–Crippen LogP) is 8.46. The van der Waals surface area contributed by atoms with Gasteiger partial charge in [-0.3, -0.25) is 4.79 Å². The zero-order valence-electron chi connectivity index (χ0n) is 19.8. The molecule has 5 aromatic carbocycles. The molecule has 0 spiro atoms. The molecule has 1 aliphatic rings. The van der Waals surface area contributed by atoms with Crippen LogP contribution in [0.1, 0.15) is 22.3 Å². The molecule has 0 saturated heterocycles. The van der Waals surface area contributed by atoms with Gasteiger partial charge in [0.15, 0.2) is 5.78 Å². The highest BCUT2D eigenvalue weighted by atomic mass is 16.1. The van der Waals surface area contributed by atoms with E-state index in [1.807, 2.05) is 97.1 Å². The summed E-state index contributed by atoms with van der Waals surface area (Å²) in [5.74, 6) is 0.0577. The van der Waals surface area contributed by atoms with Crippen LogP contribution in [0.3, 0.4) is 0 Å². The van der Waals surface area contributed by atoms with Crippen molar-refractivity contribution in [2.24, 2.45) is 0 Å². The average molecular weight is 461 g/mol. The zero-order chi connectivity index (χ0) is 24.3. The standard InChI is InChI=1S/C35H24O/c36-35-33(28-21-11-4-12-22-28)31(26-17-7-2-8-18-26)32(27-19-9-3-10-20-27)34(35)30-24-14-13-23-29(30)25-15-5-1-6-16-25/h1-24H. The number of carbonyl (C=O) groups excluding carboxylic acids is 1. The Morgan fingerprint density at radius 2 is 0.611 bits per heavy atom. The smallest absolute Gasteiger partial charge is 0.195 e. The topological polar surface area (TPSA) is 17.1 Å². The molecule has 0 aromatic heterocycles. The van der Waals surface area contributed by atoms with Gasteiger partial charge in [-0.05, 0) is 33.4 Å². The number of ketones is 1. The Morgan fingerprint density at radius 3 is 1.08 bits per heavy atom. The van der Waals surface area contributed by atoms with Crippen molar-refractivity contribution in [1.82, 2.24) is 0 Å². The van der Waals surface area contributed by atoms with Crippen LogP contribution in [-0.4, -0.2) is 5.78 Å². The van der Waals surface area contributed by atoms with E-state index in [1.54, 1.807) is 0 Å². The first kappa shape index (κ1) is 21.8. The van der Waals surface area contributed by atoms with Crippen LogP contribution in [0.25, 0.3) is 33.4 Å². The molecule has 0 amide bonds. The van der Waals surface area contributed by atoms with Crippen LogP contribution in [0, 0.1) is 0 Å². The van der Waals surface area contributed by atoms with Crippen molar-refractivity contribution in [3.8, 4) is 11.1 Å². The molecule has 0 heterocycles. The first-order valence-corrected chi connectivity index (χ1v) is 12.2. The van der Waals surface area contributed by atoms with E-state index in [0.717, 1.165) is 55.7 Å². The minimum atomic E-state index is 0.0577. The van der Waals surface area contributed by atoms with Crippen molar-refractivity contribution in [3.05, 3.63) is 168 Å². The van der Waals surface area contributed by atoms with Crippen LogP contribution >= 0.6 is 0 Å². The molecule has 0 aliphatic heterocycles. The maximum Gasteiger partial charge on any atom is 0.195 e. The van der Waals surface area contributed by atoms with Crippen molar-refractivity contribution in [1.29, 1.82) is 0 Å². The lowest BCUT2D eigenvalue weighted by molar-refractivity contribution is -0.108. The summed E-state index contributed by atoms with van der Waals surface area (Å²) < 4.78 is 0. The number of carbonyl (C=O) groups is 1. The molecule has 0 saturated carbocycles. The largest absolute Gasteiger partial charge is 0.289 e. The molecule has 0 bridgehead atoms. The maximum atomic E-state index is 14.5. The molecule has 6 rings (SSSR count). The number of rotatable bonds is 5. The van der Waals surface area contributed by atoms with Crippen LogP contribution in [0.5, 0.6) is 0 Å². The average Bonchev–Trinajstić information content (AvgIpc) is 3.27. The van der Waals surface area contributed by atoms with Crippen LogP contribution in [0.2, 0.25) is 0 Å². The summed E-state index contributed by atoms with van der Waals surface area (Å²) >= 11 is 0. The monoisotopic (exact) mass is 460 g/mol. The summed E-state index contributed by atoms with van der Waals surface area (Å²) in [6.45, 7) is 0. The van der Waals surface area contributed by atoms with E-state index in [2.05, 4.69) is 48.5 Å². The molecular weight excluding hydrogens is 436 g/mol. The Bertz CT molecular complexity index is 1590. The van der Waals surface area contributed by atoms with Gasteiger partial charge in [0, 0.05) is 22.3 Å². The number of benzene rings is 5. The fraction of sp³-hybridized carbons (Fsp3) is 0. The quantitative estimate of drug-likeness (QED) is 0.257. The lowest BCUT2D eigenvalue weighted by Gasteiger charge is -2.15. The van der Waals surface area contributed by atoms with Crippen LogP contribution in [0.15, 0.2) is 146 Å². The molecule has 1 heteroatoms. The molecular formula is C35H24O. The fourth-order valence-electron chi connectivity index (χ4n) is 5.10. The van der Waals surface area contributed by atoms with Gasteiger partial charge in [-0.15, -0.1) is 0 Å². The normalized spacial score (nSPS) is 13.4. The van der Waals surface area contributed by atoms with Crippen molar-refractivity contribution in [2.75, 3.05) is 0 Å². The van der Waals surface area contributed by atoms with Crippen LogP contribution in [0.4, 0.5) is 0 Å². The highest BCUT2D eigenvalue weighted by molar-refractivity contribution is 6.59. The van der Waals surface area contributed by atoms with Gasteiger partial charge in [0.1, 0.15) is 0 Å². The molecule has 0 fully saturated rings. The van der Waals surface area contributed by atoms with Gasteiger partial charge in [0.05, 0.1) is 0 Å². The van der Waals surface area contributed by atoms with E-state index in [0.29, 0.717) is 0 Å². The summed E-state index contributed by atoms with van der Waals surface area (Å²) in [7, 11) is 0. The molecule has 0 unspecified atom stereocenters. The van der Waals surface area contributed by atoms with Gasteiger partial charge in [0.25, 0.3) is 0 Å². The summed E-state index contributed by atoms with van der Waals surface area (Å²) in [6, 6.07) is 49.2. The summed E-state index contributed by atoms with van der Waals surface area (Å²) in [5.41, 5.74) is 9.56. The van der Waals surface area contributed by atoms with E-state index in [-0.39, 0.29) is 5.78 Å². The summed E-state index contributed by atoms with van der Waals surface area (Å²) in [5, 5.41) is 0. The Kier molecular flexibility index (Phi) is 5.73. The Balaban J connectivity index is 1.71. The highest BCUT2D eigenvalue weighted by Gasteiger charge is 2.36. The zero-order valence-corrected chi connectivity index (χ0v) is 19.8. The van der Waals surface area contributed by atoms with Crippen LogP contribution < -0.4 is 0 Å². The molecule has 170 valence electrons. The van der Waals surface area contributed by atoms with Gasteiger partial charge in [-0.2, -0.15) is 0 Å². The minimum absolute atomic E-state index is 0.0577. The molecule has 0 radical (unpaired) electrons. The highest BCUT2D eigenvalue weighted by Crippen LogP contribution is 2.50. The number of Topliss-reactive ketones (excluding diaryl/α,β-unsaturated/α-hetero) is 1. The molecule has 0 atom stereocenters. The first-order chi connectivity index (χ1) is 17.8. The van der Waals surface area contributed by atoms with Crippen molar-refractivity contribution >= 4 is 28.1 Å². The second-order valence-electron chi connectivity index (χ2n) is 8.84. The van der Waals surface area contributed by atoms with E-state index < -0.39 is 0 Å². The fourth-order valence-corrected chi connectivity index (χ4v) is 5.10. The van der Waals surface area contributed by atoms with Crippen molar-refractivity contribution in [3.63, 3.8) is 0 Å². The summed E-state index contributed by atoms with van der Waals surface area (Å²) in [4.78, 5) is 14.5. The third kappa shape index (κ3) is 3.81. The third-order valence-electron chi connectivity index (χ3n) is 6.67. The lowest BCUT2D eigenvalue weighted by Crippen LogP contribution is -2.03. The molecule has 36 heavy (non-hydrogen) atoms. The van der Waals surface area contributed by atoms with E-state index >= 15 is 0 Å². The van der Waals surface area contributed by atoms with Gasteiger partial charge >= 0.3 is 0 Å². The number of allylic oxidation sites excluding steroid dienone is 4. The molecule has 1 aliphatic carbocycles. The van der Waals surface area contributed by atoms with Crippen molar-refractivity contribution < 1.29 is 4.79 Å². The molecule has 1 nitrogen and oxygen atoms in total. The van der Waals surface area contributed by atoms with Gasteiger partial charge in [-0.1, -0.05) is 146 Å². The lowest BCUT2D eigenvalue weighted by atomic mass is 9.87. The molecule has 0 N–H and O–H groups in total. The maximum absolute atomic E-state index is 14.5. The second kappa shape index (κ2) is 9.48. The van der Waals surface area contributed by atoms with E-state index in [4.69, 9.17) is 0 Å². The van der Waals surface area contributed by atoms with Crippen molar-refractivity contribution in [2.45, 2.75) is 0 Å². The Hall–Kier alpha value is -4.75. The molecule has 5 aromatic rings. The Labute approximate surface area is 211 Å². The van der Waals surface area contributed by atoms with E-state index in [1.165, 1.54) is 0 Å². The predicted molar refractivity (Wildman–Crippen MR) is 150 cm³/mol. The van der Waals surface area contributed by atoms with Gasteiger partial charge in [0.2, 0.25) is 0 Å². The second-order valence-corrected chi connectivity index (χ2v) is 8.84. The van der Waals surface area contributed by atoms with Gasteiger partial charge < -0.3 is 0 Å². The first-order valence-electron chi connectivity index (χ1n) is 12.2. The summed E-state index contributed by atoms with van der Waals surface area (Å²) in [6.07, 6.45) is 0. The SMILES string of the molecule is O=C1C(c2ccccc2)=C(c2ccccc2)C(c2ccccc2)=C1c1ccccc1-c1ccccc1. The number of hydrogen-bond acceptors (Lipinski definition) is 1. The minimum Gasteiger partial charge on any atom is -0.289 e.